The summed E-state index contributed by atoms with van der Waals surface area (Å²) in [5.74, 6) is -0.641. The van der Waals surface area contributed by atoms with Crippen molar-refractivity contribution in [3.63, 3.8) is 0 Å². The van der Waals surface area contributed by atoms with Gasteiger partial charge in [-0.05, 0) is 46.0 Å². The van der Waals surface area contributed by atoms with Crippen molar-refractivity contribution in [1.29, 1.82) is 0 Å². The van der Waals surface area contributed by atoms with Gasteiger partial charge in [0.15, 0.2) is 0 Å². The molecule has 2 N–H and O–H groups in total. The topological polar surface area (TPSA) is 55.8 Å². The van der Waals surface area contributed by atoms with Gasteiger partial charge in [-0.25, -0.2) is 0 Å². The molecule has 3 aliphatic rings. The van der Waals surface area contributed by atoms with Crippen LogP contribution in [0.2, 0.25) is 0 Å². The molecule has 0 radical (unpaired) electrons. The zero-order valence-electron chi connectivity index (χ0n) is 13.3. The Balaban J connectivity index is 1.57. The van der Waals surface area contributed by atoms with Crippen LogP contribution in [0.15, 0.2) is 0 Å². The molecular weight excluding hydrogens is 266 g/mol. The van der Waals surface area contributed by atoms with Gasteiger partial charge in [-0.3, -0.25) is 19.9 Å². The number of hydrogen-bond donors (Lipinski definition) is 2. The molecule has 0 aromatic heterocycles. The molecule has 3 rings (SSSR count). The molecule has 120 valence electrons. The number of carboxylic acid groups (broad SMARTS) is 1. The number of carbonyl (C=O) groups is 1. The lowest BCUT2D eigenvalue weighted by molar-refractivity contribution is -0.145. The summed E-state index contributed by atoms with van der Waals surface area (Å²) < 4.78 is 0. The minimum Gasteiger partial charge on any atom is -0.480 e. The van der Waals surface area contributed by atoms with Crippen LogP contribution < -0.4 is 5.32 Å². The van der Waals surface area contributed by atoms with Crippen molar-refractivity contribution >= 4 is 5.97 Å². The average Bonchev–Trinajstić information content (AvgIpc) is 3.15. The number of aliphatic carboxylic acids is 1. The van der Waals surface area contributed by atoms with Gasteiger partial charge in [-0.2, -0.15) is 0 Å². The van der Waals surface area contributed by atoms with Gasteiger partial charge < -0.3 is 5.11 Å². The van der Waals surface area contributed by atoms with E-state index >= 15 is 0 Å². The van der Waals surface area contributed by atoms with Crippen LogP contribution in [0.3, 0.4) is 0 Å². The lowest BCUT2D eigenvalue weighted by Crippen LogP contribution is -2.54. The standard InChI is InChI=1S/C16H29N3O2/c1-12(2)18-7-9-19(10-8-18)14-5-6-16(11-14,15(20)21)17-13-3-4-13/h12-14,17H,3-11H2,1-2H3,(H,20,21). The third kappa shape index (κ3) is 3.25. The van der Waals surface area contributed by atoms with Gasteiger partial charge in [0.05, 0.1) is 0 Å². The molecule has 0 aromatic carbocycles. The Morgan fingerprint density at radius 2 is 1.86 bits per heavy atom. The largest absolute Gasteiger partial charge is 0.480 e. The van der Waals surface area contributed by atoms with E-state index in [-0.39, 0.29) is 0 Å². The predicted octanol–water partition coefficient (Wildman–Crippen LogP) is 1.14. The quantitative estimate of drug-likeness (QED) is 0.796. The first-order valence-corrected chi connectivity index (χ1v) is 8.49. The monoisotopic (exact) mass is 295 g/mol. The highest BCUT2D eigenvalue weighted by molar-refractivity contribution is 5.79. The van der Waals surface area contributed by atoms with E-state index in [0.29, 0.717) is 18.1 Å². The Hall–Kier alpha value is -0.650. The van der Waals surface area contributed by atoms with Crippen molar-refractivity contribution in [1.82, 2.24) is 15.1 Å². The normalized spacial score (nSPS) is 35.5. The van der Waals surface area contributed by atoms with Crippen LogP contribution in [0.25, 0.3) is 0 Å². The molecule has 2 atom stereocenters. The van der Waals surface area contributed by atoms with Gasteiger partial charge in [0.1, 0.15) is 5.54 Å². The molecular formula is C16H29N3O2. The number of rotatable bonds is 5. The lowest BCUT2D eigenvalue weighted by atomic mass is 9.97. The van der Waals surface area contributed by atoms with Gasteiger partial charge in [0.25, 0.3) is 0 Å². The van der Waals surface area contributed by atoms with Crippen LogP contribution in [-0.2, 0) is 4.79 Å². The molecule has 0 amide bonds. The molecule has 2 saturated carbocycles. The molecule has 1 heterocycles. The smallest absolute Gasteiger partial charge is 0.323 e. The number of piperazine rings is 1. The second-order valence-electron chi connectivity index (χ2n) is 7.37. The highest BCUT2D eigenvalue weighted by Gasteiger charge is 2.49. The summed E-state index contributed by atoms with van der Waals surface area (Å²) in [7, 11) is 0. The molecule has 21 heavy (non-hydrogen) atoms. The first kappa shape index (κ1) is 15.3. The van der Waals surface area contributed by atoms with Crippen LogP contribution in [-0.4, -0.2) is 70.7 Å². The third-order valence-electron chi connectivity index (χ3n) is 5.55. The molecule has 1 saturated heterocycles. The predicted molar refractivity (Wildman–Crippen MR) is 82.4 cm³/mol. The average molecular weight is 295 g/mol. The Kier molecular flexibility index (Phi) is 4.26. The van der Waals surface area contributed by atoms with Gasteiger partial charge in [0, 0.05) is 44.3 Å². The SMILES string of the molecule is CC(C)N1CCN(C2CCC(NC3CC3)(C(=O)O)C2)CC1. The van der Waals surface area contributed by atoms with Crippen LogP contribution in [0, 0.1) is 0 Å². The maximum atomic E-state index is 11.8. The maximum absolute atomic E-state index is 11.8. The molecule has 1 aliphatic heterocycles. The molecule has 0 aromatic rings. The van der Waals surface area contributed by atoms with E-state index in [0.717, 1.165) is 58.3 Å². The summed E-state index contributed by atoms with van der Waals surface area (Å²) in [6.07, 6.45) is 4.88. The van der Waals surface area contributed by atoms with Crippen LogP contribution in [0.5, 0.6) is 0 Å². The number of carboxylic acids is 1. The first-order chi connectivity index (χ1) is 10.00. The van der Waals surface area contributed by atoms with E-state index in [1.807, 2.05) is 0 Å². The molecule has 5 heteroatoms. The summed E-state index contributed by atoms with van der Waals surface area (Å²) in [6.45, 7) is 8.90. The van der Waals surface area contributed by atoms with Crippen LogP contribution in [0.1, 0.15) is 46.0 Å². The number of nitrogens with zero attached hydrogens (tertiary/aromatic N) is 2. The fraction of sp³-hybridized carbons (Fsp3) is 0.938. The molecule has 3 fully saturated rings. The summed E-state index contributed by atoms with van der Waals surface area (Å²) >= 11 is 0. The van der Waals surface area contributed by atoms with E-state index in [1.165, 1.54) is 0 Å². The summed E-state index contributed by atoms with van der Waals surface area (Å²) in [4.78, 5) is 16.8. The zero-order valence-corrected chi connectivity index (χ0v) is 13.3. The Morgan fingerprint density at radius 3 is 2.38 bits per heavy atom. The Bertz CT molecular complexity index is 389. The van der Waals surface area contributed by atoms with Crippen molar-refractivity contribution in [2.45, 2.75) is 69.6 Å². The molecule has 2 unspecified atom stereocenters. The molecule has 2 aliphatic carbocycles. The third-order valence-corrected chi connectivity index (χ3v) is 5.55. The van der Waals surface area contributed by atoms with Crippen LogP contribution >= 0.6 is 0 Å². The summed E-state index contributed by atoms with van der Waals surface area (Å²) in [6, 6.07) is 1.52. The summed E-state index contributed by atoms with van der Waals surface area (Å²) in [5.41, 5.74) is -0.652. The maximum Gasteiger partial charge on any atom is 0.323 e. The van der Waals surface area contributed by atoms with Crippen LogP contribution in [0.4, 0.5) is 0 Å². The van der Waals surface area contributed by atoms with Gasteiger partial charge in [-0.15, -0.1) is 0 Å². The zero-order chi connectivity index (χ0) is 15.0. The van der Waals surface area contributed by atoms with Gasteiger partial charge in [0.2, 0.25) is 0 Å². The molecule has 0 spiro atoms. The van der Waals surface area contributed by atoms with Crippen molar-refractivity contribution in [2.24, 2.45) is 0 Å². The highest BCUT2D eigenvalue weighted by Crippen LogP contribution is 2.37. The van der Waals surface area contributed by atoms with Crippen molar-refractivity contribution in [3.8, 4) is 0 Å². The highest BCUT2D eigenvalue weighted by atomic mass is 16.4. The number of hydrogen-bond acceptors (Lipinski definition) is 4. The van der Waals surface area contributed by atoms with E-state index in [4.69, 9.17) is 0 Å². The van der Waals surface area contributed by atoms with Crippen molar-refractivity contribution in [3.05, 3.63) is 0 Å². The van der Waals surface area contributed by atoms with Crippen molar-refractivity contribution in [2.75, 3.05) is 26.2 Å². The van der Waals surface area contributed by atoms with Gasteiger partial charge in [-0.1, -0.05) is 0 Å². The van der Waals surface area contributed by atoms with E-state index < -0.39 is 11.5 Å². The first-order valence-electron chi connectivity index (χ1n) is 8.49. The minimum atomic E-state index is -0.652. The molecule has 5 nitrogen and oxygen atoms in total. The fourth-order valence-corrected chi connectivity index (χ4v) is 3.96. The second-order valence-corrected chi connectivity index (χ2v) is 7.37. The van der Waals surface area contributed by atoms with E-state index in [9.17, 15) is 9.90 Å². The second kappa shape index (κ2) is 5.86. The Labute approximate surface area is 127 Å². The molecule has 0 bridgehead atoms. The summed E-state index contributed by atoms with van der Waals surface area (Å²) in [5, 5.41) is 13.1. The minimum absolute atomic E-state index is 0.446. The van der Waals surface area contributed by atoms with Gasteiger partial charge >= 0.3 is 5.97 Å². The van der Waals surface area contributed by atoms with E-state index in [2.05, 4.69) is 29.0 Å². The lowest BCUT2D eigenvalue weighted by Gasteiger charge is -2.40. The van der Waals surface area contributed by atoms with Crippen molar-refractivity contribution < 1.29 is 9.90 Å². The van der Waals surface area contributed by atoms with E-state index in [1.54, 1.807) is 0 Å². The fourth-order valence-electron chi connectivity index (χ4n) is 3.96. The number of nitrogens with one attached hydrogen (secondary N) is 1. The Morgan fingerprint density at radius 1 is 1.19 bits per heavy atom.